The molecule has 0 amide bonds. The van der Waals surface area contributed by atoms with Gasteiger partial charge < -0.3 is 11.1 Å². The van der Waals surface area contributed by atoms with E-state index in [1.165, 1.54) is 6.42 Å². The van der Waals surface area contributed by atoms with Crippen LogP contribution < -0.4 is 11.1 Å². The molecule has 0 atom stereocenters. The maximum absolute atomic E-state index is 5.32. The van der Waals surface area contributed by atoms with Gasteiger partial charge in [-0.15, -0.1) is 0 Å². The second-order valence-electron chi connectivity index (χ2n) is 2.38. The molecule has 13 heavy (non-hydrogen) atoms. The van der Waals surface area contributed by atoms with E-state index in [-0.39, 0.29) is 5.95 Å². The summed E-state index contributed by atoms with van der Waals surface area (Å²) in [7, 11) is 1.77. The Kier molecular flexibility index (Phi) is 6.22. The second-order valence-corrected chi connectivity index (χ2v) is 3.24. The largest absolute Gasteiger partial charge is 0.372 e. The minimum atomic E-state index is 0.271. The van der Waals surface area contributed by atoms with Gasteiger partial charge in [-0.05, 0) is 15.9 Å². The van der Waals surface area contributed by atoms with Crippen LogP contribution in [0.3, 0.4) is 0 Å². The number of nitrogens with zero attached hydrogens (tertiary/aromatic N) is 2. The van der Waals surface area contributed by atoms with Crippen molar-refractivity contribution < 1.29 is 0 Å². The number of nitrogens with two attached hydrogens (primary N) is 1. The fourth-order valence-electron chi connectivity index (χ4n) is 0.556. The number of rotatable bonds is 1. The highest BCUT2D eigenvalue weighted by Gasteiger charge is 1.98. The van der Waals surface area contributed by atoms with Gasteiger partial charge in [-0.25, -0.2) is 4.98 Å². The van der Waals surface area contributed by atoms with E-state index in [9.17, 15) is 0 Å². The van der Waals surface area contributed by atoms with Gasteiger partial charge in [0, 0.05) is 13.2 Å². The van der Waals surface area contributed by atoms with Gasteiger partial charge in [-0.1, -0.05) is 20.3 Å². The van der Waals surface area contributed by atoms with Crippen molar-refractivity contribution in [3.05, 3.63) is 10.7 Å². The molecular weight excluding hydrogens is 232 g/mol. The van der Waals surface area contributed by atoms with E-state index in [1.54, 1.807) is 13.2 Å². The van der Waals surface area contributed by atoms with E-state index in [2.05, 4.69) is 45.1 Å². The predicted octanol–water partition coefficient (Wildman–Crippen LogP) is 2.28. The number of hydrogen-bond acceptors (Lipinski definition) is 4. The van der Waals surface area contributed by atoms with Gasteiger partial charge >= 0.3 is 0 Å². The van der Waals surface area contributed by atoms with Crippen molar-refractivity contribution in [1.29, 1.82) is 0 Å². The number of aromatic nitrogens is 2. The molecule has 5 heteroatoms. The first kappa shape index (κ1) is 12.2. The lowest BCUT2D eigenvalue weighted by molar-refractivity contribution is 1.09. The molecule has 1 aromatic heterocycles. The summed E-state index contributed by atoms with van der Waals surface area (Å²) in [6, 6.07) is 0. The minimum absolute atomic E-state index is 0.271. The summed E-state index contributed by atoms with van der Waals surface area (Å²) < 4.78 is 0.809. The van der Waals surface area contributed by atoms with Crippen molar-refractivity contribution in [2.24, 2.45) is 0 Å². The number of hydrogen-bond donors (Lipinski definition) is 2. The highest BCUT2D eigenvalue weighted by atomic mass is 79.9. The second kappa shape index (κ2) is 6.65. The molecule has 1 heterocycles. The molecule has 0 aliphatic rings. The topological polar surface area (TPSA) is 63.8 Å². The molecule has 0 bridgehead atoms. The zero-order valence-corrected chi connectivity index (χ0v) is 9.72. The Morgan fingerprint density at radius 1 is 1.54 bits per heavy atom. The minimum Gasteiger partial charge on any atom is -0.372 e. The summed E-state index contributed by atoms with van der Waals surface area (Å²) >= 11 is 3.25. The molecular formula is C8H15BrN4. The van der Waals surface area contributed by atoms with Crippen LogP contribution in [0.2, 0.25) is 0 Å². The van der Waals surface area contributed by atoms with Crippen LogP contribution in [0.15, 0.2) is 10.7 Å². The highest BCUT2D eigenvalue weighted by molar-refractivity contribution is 9.10. The molecule has 1 aromatic rings. The van der Waals surface area contributed by atoms with Crippen molar-refractivity contribution in [2.75, 3.05) is 18.1 Å². The maximum Gasteiger partial charge on any atom is 0.221 e. The lowest BCUT2D eigenvalue weighted by atomic mass is 10.6. The summed E-state index contributed by atoms with van der Waals surface area (Å²) in [5.41, 5.74) is 5.32. The average molecular weight is 247 g/mol. The van der Waals surface area contributed by atoms with Gasteiger partial charge in [-0.2, -0.15) is 4.98 Å². The Balaban J connectivity index is 0.000000424. The van der Waals surface area contributed by atoms with Gasteiger partial charge in [-0.3, -0.25) is 0 Å². The molecule has 0 unspecified atom stereocenters. The molecule has 0 aliphatic heterocycles. The third-order valence-corrected chi connectivity index (χ3v) is 1.58. The van der Waals surface area contributed by atoms with Crippen LogP contribution in [0.5, 0.6) is 0 Å². The Hall–Kier alpha value is -0.840. The van der Waals surface area contributed by atoms with Gasteiger partial charge in [0.15, 0.2) is 0 Å². The maximum atomic E-state index is 5.32. The highest BCUT2D eigenvalue weighted by Crippen LogP contribution is 2.17. The van der Waals surface area contributed by atoms with Crippen LogP contribution in [0.25, 0.3) is 0 Å². The van der Waals surface area contributed by atoms with Crippen LogP contribution >= 0.6 is 15.9 Å². The molecule has 3 N–H and O–H groups in total. The molecule has 0 spiro atoms. The van der Waals surface area contributed by atoms with Gasteiger partial charge in [0.1, 0.15) is 5.82 Å². The number of halogens is 1. The van der Waals surface area contributed by atoms with E-state index in [0.717, 1.165) is 4.47 Å². The predicted molar refractivity (Wildman–Crippen MR) is 59.7 cm³/mol. The summed E-state index contributed by atoms with van der Waals surface area (Å²) in [5, 5.41) is 2.86. The molecule has 1 rings (SSSR count). The quantitative estimate of drug-likeness (QED) is 0.799. The first-order valence-electron chi connectivity index (χ1n) is 4.11. The third-order valence-electron chi connectivity index (χ3n) is 1.000. The molecule has 0 fully saturated rings. The zero-order valence-electron chi connectivity index (χ0n) is 8.13. The smallest absolute Gasteiger partial charge is 0.221 e. The molecule has 0 saturated heterocycles. The van der Waals surface area contributed by atoms with E-state index in [0.29, 0.717) is 5.82 Å². The molecule has 0 radical (unpaired) electrons. The number of anilines is 2. The van der Waals surface area contributed by atoms with Crippen LogP contribution in [0.4, 0.5) is 11.8 Å². The molecule has 4 nitrogen and oxygen atoms in total. The number of nitrogens with one attached hydrogen (secondary N) is 1. The van der Waals surface area contributed by atoms with Gasteiger partial charge in [0.2, 0.25) is 5.95 Å². The van der Waals surface area contributed by atoms with Crippen molar-refractivity contribution in [2.45, 2.75) is 20.3 Å². The first-order chi connectivity index (χ1) is 6.15. The normalized spacial score (nSPS) is 8.62. The van der Waals surface area contributed by atoms with Crippen molar-refractivity contribution in [3.63, 3.8) is 0 Å². The fourth-order valence-corrected chi connectivity index (χ4v) is 0.945. The standard InChI is InChI=1S/C5H7BrN4.C3H8/c1-8-4-3(6)2-9-5(7)10-4;1-3-2/h2H,1H3,(H3,7,8,9,10);3H2,1-2H3. The monoisotopic (exact) mass is 246 g/mol. The number of nitrogen functional groups attached to an aromatic ring is 1. The van der Waals surface area contributed by atoms with Crippen molar-refractivity contribution >= 4 is 27.7 Å². The van der Waals surface area contributed by atoms with Crippen LogP contribution in [0, 0.1) is 0 Å². The van der Waals surface area contributed by atoms with E-state index in [1.807, 2.05) is 0 Å². The first-order valence-corrected chi connectivity index (χ1v) is 4.90. The fraction of sp³-hybridized carbons (Fsp3) is 0.500. The molecule has 74 valence electrons. The van der Waals surface area contributed by atoms with Crippen LogP contribution in [-0.2, 0) is 0 Å². The van der Waals surface area contributed by atoms with Crippen LogP contribution in [-0.4, -0.2) is 17.0 Å². The summed E-state index contributed by atoms with van der Waals surface area (Å²) in [6.07, 6.45) is 2.86. The van der Waals surface area contributed by atoms with E-state index < -0.39 is 0 Å². The SMILES string of the molecule is CCC.CNc1nc(N)ncc1Br. The van der Waals surface area contributed by atoms with E-state index >= 15 is 0 Å². The Labute approximate surface area is 87.1 Å². The summed E-state index contributed by atoms with van der Waals surface area (Å²) in [4.78, 5) is 7.67. The van der Waals surface area contributed by atoms with E-state index in [4.69, 9.17) is 5.73 Å². The van der Waals surface area contributed by atoms with Crippen molar-refractivity contribution in [3.8, 4) is 0 Å². The van der Waals surface area contributed by atoms with Crippen molar-refractivity contribution in [1.82, 2.24) is 9.97 Å². The van der Waals surface area contributed by atoms with Gasteiger partial charge in [0.25, 0.3) is 0 Å². The average Bonchev–Trinajstić information content (AvgIpc) is 2.10. The third kappa shape index (κ3) is 4.67. The molecule has 0 aliphatic carbocycles. The lowest BCUT2D eigenvalue weighted by Crippen LogP contribution is -1.99. The summed E-state index contributed by atoms with van der Waals surface area (Å²) in [6.45, 7) is 4.25. The lowest BCUT2D eigenvalue weighted by Gasteiger charge is -2.00. The molecule has 0 saturated carbocycles. The Bertz CT molecular complexity index is 252. The zero-order chi connectivity index (χ0) is 10.3. The Morgan fingerprint density at radius 2 is 2.08 bits per heavy atom. The molecule has 0 aromatic carbocycles. The Morgan fingerprint density at radius 3 is 2.46 bits per heavy atom. The summed E-state index contributed by atoms with van der Waals surface area (Å²) in [5.74, 6) is 0.972. The van der Waals surface area contributed by atoms with Crippen LogP contribution in [0.1, 0.15) is 20.3 Å². The van der Waals surface area contributed by atoms with Gasteiger partial charge in [0.05, 0.1) is 4.47 Å².